The largest absolute Gasteiger partial charge is 0.362 e. The Hall–Kier alpha value is -2.50. The number of hydrogen-bond acceptors (Lipinski definition) is 6. The maximum atomic E-state index is 12.5. The predicted molar refractivity (Wildman–Crippen MR) is 86.2 cm³/mol. The van der Waals surface area contributed by atoms with E-state index in [-0.39, 0.29) is 10.8 Å². The average Bonchev–Trinajstić information content (AvgIpc) is 2.54. The first kappa shape index (κ1) is 18.8. The van der Waals surface area contributed by atoms with E-state index in [2.05, 4.69) is 10.6 Å². The van der Waals surface area contributed by atoms with Gasteiger partial charge in [-0.05, 0) is 12.5 Å². The van der Waals surface area contributed by atoms with Crippen LogP contribution in [0.5, 0.6) is 0 Å². The zero-order chi connectivity index (χ0) is 18.8. The van der Waals surface area contributed by atoms with Crippen molar-refractivity contribution in [1.82, 2.24) is 14.9 Å². The van der Waals surface area contributed by atoms with Crippen molar-refractivity contribution in [2.75, 3.05) is 6.54 Å². The number of β-lactam (4-membered cyclic amide) rings is 1. The molecule has 0 bridgehead atoms. The third kappa shape index (κ3) is 4.32. The van der Waals surface area contributed by atoms with E-state index in [1.54, 1.807) is 30.3 Å². The standard InChI is InChI=1S/C14H18N4O6S/c1-8(15)12(19)17-11(9-5-3-2-4-6-9)13(20)16-10-7-18(14(10)21)25(22,23)24/h2-6,8,10-11H,7,15H2,1H3,(H,16,20)(H,17,19)(H,22,23,24)/t8-,10?,11-/m1/s1. The first-order chi connectivity index (χ1) is 11.6. The van der Waals surface area contributed by atoms with Gasteiger partial charge in [0.2, 0.25) is 11.8 Å². The molecule has 0 aliphatic carbocycles. The van der Waals surface area contributed by atoms with Crippen LogP contribution in [0.3, 0.4) is 0 Å². The fourth-order valence-corrected chi connectivity index (χ4v) is 2.88. The predicted octanol–water partition coefficient (Wildman–Crippen LogP) is -1.68. The summed E-state index contributed by atoms with van der Waals surface area (Å²) in [4.78, 5) is 36.0. The normalized spacial score (nSPS) is 19.6. The Labute approximate surface area is 144 Å². The summed E-state index contributed by atoms with van der Waals surface area (Å²) in [7, 11) is -4.64. The van der Waals surface area contributed by atoms with Crippen molar-refractivity contribution in [1.29, 1.82) is 0 Å². The third-order valence-electron chi connectivity index (χ3n) is 3.58. The van der Waals surface area contributed by atoms with E-state index in [0.29, 0.717) is 5.56 Å². The maximum Gasteiger partial charge on any atom is 0.362 e. The van der Waals surface area contributed by atoms with Gasteiger partial charge in [-0.25, -0.2) is 4.31 Å². The highest BCUT2D eigenvalue weighted by Crippen LogP contribution is 2.17. The topological polar surface area (TPSA) is 159 Å². The van der Waals surface area contributed by atoms with Crippen LogP contribution in [0, 0.1) is 0 Å². The van der Waals surface area contributed by atoms with Gasteiger partial charge in [-0.2, -0.15) is 8.42 Å². The zero-order valence-electron chi connectivity index (χ0n) is 13.2. The van der Waals surface area contributed by atoms with Gasteiger partial charge in [-0.3, -0.25) is 18.9 Å². The summed E-state index contributed by atoms with van der Waals surface area (Å²) >= 11 is 0. The molecule has 10 nitrogen and oxygen atoms in total. The molecule has 1 unspecified atom stereocenters. The van der Waals surface area contributed by atoms with Gasteiger partial charge in [-0.1, -0.05) is 30.3 Å². The molecule has 3 amide bonds. The molecule has 5 N–H and O–H groups in total. The molecule has 25 heavy (non-hydrogen) atoms. The van der Waals surface area contributed by atoms with E-state index in [0.717, 1.165) is 0 Å². The number of benzene rings is 1. The lowest BCUT2D eigenvalue weighted by atomic mass is 10.0. The molecule has 0 aromatic heterocycles. The molecule has 1 fully saturated rings. The van der Waals surface area contributed by atoms with Crippen LogP contribution in [0.4, 0.5) is 0 Å². The Kier molecular flexibility index (Phi) is 5.40. The van der Waals surface area contributed by atoms with Crippen molar-refractivity contribution >= 4 is 28.0 Å². The van der Waals surface area contributed by atoms with E-state index in [4.69, 9.17) is 10.3 Å². The molecule has 1 heterocycles. The van der Waals surface area contributed by atoms with Gasteiger partial charge in [0.25, 0.3) is 5.91 Å². The Morgan fingerprint density at radius 1 is 1.28 bits per heavy atom. The molecule has 1 aromatic carbocycles. The van der Waals surface area contributed by atoms with Gasteiger partial charge in [-0.15, -0.1) is 0 Å². The Morgan fingerprint density at radius 2 is 1.88 bits per heavy atom. The fraction of sp³-hybridized carbons (Fsp3) is 0.357. The van der Waals surface area contributed by atoms with Gasteiger partial charge in [0.05, 0.1) is 12.6 Å². The molecule has 0 spiro atoms. The van der Waals surface area contributed by atoms with E-state index < -0.39 is 46.2 Å². The molecule has 1 aliphatic heterocycles. The second kappa shape index (κ2) is 7.17. The van der Waals surface area contributed by atoms with E-state index in [1.807, 2.05) is 0 Å². The molecular weight excluding hydrogens is 352 g/mol. The summed E-state index contributed by atoms with van der Waals surface area (Å²) in [6.45, 7) is 1.07. The summed E-state index contributed by atoms with van der Waals surface area (Å²) in [5.74, 6) is -2.22. The summed E-state index contributed by atoms with van der Waals surface area (Å²) < 4.78 is 30.9. The highest BCUT2D eigenvalue weighted by molar-refractivity contribution is 7.84. The lowest BCUT2D eigenvalue weighted by Crippen LogP contribution is -2.66. The van der Waals surface area contributed by atoms with Gasteiger partial charge < -0.3 is 16.4 Å². The lowest BCUT2D eigenvalue weighted by Gasteiger charge is -2.36. The molecular formula is C14H18N4O6S. The summed E-state index contributed by atoms with van der Waals surface area (Å²) in [6, 6.07) is 5.23. The number of hydrogen-bond donors (Lipinski definition) is 4. The fourth-order valence-electron chi connectivity index (χ4n) is 2.19. The number of rotatable bonds is 6. The van der Waals surface area contributed by atoms with Gasteiger partial charge in [0.1, 0.15) is 12.1 Å². The van der Waals surface area contributed by atoms with Crippen LogP contribution in [0.15, 0.2) is 30.3 Å². The van der Waals surface area contributed by atoms with Crippen LogP contribution in [-0.4, -0.2) is 53.6 Å². The smallest absolute Gasteiger partial charge is 0.341 e. The molecule has 0 saturated carbocycles. The summed E-state index contributed by atoms with van der Waals surface area (Å²) in [5.41, 5.74) is 5.96. The van der Waals surface area contributed by atoms with Crippen LogP contribution in [0.2, 0.25) is 0 Å². The summed E-state index contributed by atoms with van der Waals surface area (Å²) in [5, 5.41) is 4.82. The molecule has 1 aliphatic rings. The van der Waals surface area contributed by atoms with Crippen molar-refractivity contribution in [3.8, 4) is 0 Å². The first-order valence-corrected chi connectivity index (χ1v) is 8.71. The van der Waals surface area contributed by atoms with Crippen LogP contribution in [-0.2, 0) is 24.7 Å². The highest BCUT2D eigenvalue weighted by Gasteiger charge is 2.45. The quantitative estimate of drug-likeness (QED) is 0.344. The molecule has 2 rings (SSSR count). The van der Waals surface area contributed by atoms with Crippen LogP contribution in [0.1, 0.15) is 18.5 Å². The molecule has 11 heteroatoms. The van der Waals surface area contributed by atoms with Crippen molar-refractivity contribution in [3.05, 3.63) is 35.9 Å². The van der Waals surface area contributed by atoms with Gasteiger partial charge in [0, 0.05) is 0 Å². The first-order valence-electron chi connectivity index (χ1n) is 7.31. The number of amides is 3. The van der Waals surface area contributed by atoms with Crippen LogP contribution < -0.4 is 16.4 Å². The molecule has 136 valence electrons. The number of carbonyl (C=O) groups is 3. The van der Waals surface area contributed by atoms with E-state index in [9.17, 15) is 22.8 Å². The highest BCUT2D eigenvalue weighted by atomic mass is 32.2. The minimum atomic E-state index is -4.64. The van der Waals surface area contributed by atoms with Crippen molar-refractivity contribution < 1.29 is 27.4 Å². The Balaban J connectivity index is 2.12. The van der Waals surface area contributed by atoms with Crippen LogP contribution >= 0.6 is 0 Å². The monoisotopic (exact) mass is 370 g/mol. The second-order valence-corrected chi connectivity index (χ2v) is 6.89. The minimum absolute atomic E-state index is 0.232. The van der Waals surface area contributed by atoms with Crippen molar-refractivity contribution in [3.63, 3.8) is 0 Å². The van der Waals surface area contributed by atoms with E-state index >= 15 is 0 Å². The van der Waals surface area contributed by atoms with Crippen molar-refractivity contribution in [2.45, 2.75) is 25.0 Å². The SMILES string of the molecule is C[C@@H](N)C(=O)N[C@@H](C(=O)NC1CN(S(=O)(=O)O)C1=O)c1ccccc1. The maximum absolute atomic E-state index is 12.5. The number of carbonyl (C=O) groups excluding carboxylic acids is 3. The zero-order valence-corrected chi connectivity index (χ0v) is 14.1. The molecule has 1 aromatic rings. The van der Waals surface area contributed by atoms with Crippen LogP contribution in [0.25, 0.3) is 0 Å². The Morgan fingerprint density at radius 3 is 2.36 bits per heavy atom. The lowest BCUT2D eigenvalue weighted by molar-refractivity contribution is -0.141. The molecule has 1 saturated heterocycles. The second-order valence-electron chi connectivity index (χ2n) is 5.55. The third-order valence-corrected chi connectivity index (χ3v) is 4.47. The average molecular weight is 370 g/mol. The van der Waals surface area contributed by atoms with Gasteiger partial charge >= 0.3 is 10.3 Å². The van der Waals surface area contributed by atoms with Crippen molar-refractivity contribution in [2.24, 2.45) is 5.73 Å². The number of nitrogens with zero attached hydrogens (tertiary/aromatic N) is 1. The van der Waals surface area contributed by atoms with Gasteiger partial charge in [0.15, 0.2) is 0 Å². The summed E-state index contributed by atoms with van der Waals surface area (Å²) in [6.07, 6.45) is 0. The number of nitrogens with one attached hydrogen (secondary N) is 2. The molecule has 3 atom stereocenters. The molecule has 0 radical (unpaired) electrons. The Bertz CT molecular complexity index is 780. The number of nitrogens with two attached hydrogens (primary N) is 1. The van der Waals surface area contributed by atoms with E-state index in [1.165, 1.54) is 6.92 Å². The minimum Gasteiger partial charge on any atom is -0.341 e.